The molecule has 1 N–H and O–H groups in total. The molecule has 2 rings (SSSR count). The van der Waals surface area contributed by atoms with Gasteiger partial charge < -0.3 is 24.1 Å². The SMILES string of the molecule is CCCCCCCCCCCCCCCCCNC(=O)OCC(COC(=O)N(Cc1ccccn1)C(C)=O)Oc1ccon1. The van der Waals surface area contributed by atoms with Gasteiger partial charge in [0.05, 0.1) is 12.2 Å². The second-order valence-corrected chi connectivity index (χ2v) is 11.1. The molecule has 0 fully saturated rings. The summed E-state index contributed by atoms with van der Waals surface area (Å²) < 4.78 is 21.0. The van der Waals surface area contributed by atoms with Gasteiger partial charge in [0.25, 0.3) is 5.88 Å². The Kier molecular flexibility index (Phi) is 19.8. The molecule has 11 nitrogen and oxygen atoms in total. The number of hydrogen-bond donors (Lipinski definition) is 1. The molecule has 2 heterocycles. The largest absolute Gasteiger partial charge is 0.465 e. The van der Waals surface area contributed by atoms with Crippen molar-refractivity contribution in [1.29, 1.82) is 0 Å². The normalized spacial score (nSPS) is 11.5. The van der Waals surface area contributed by atoms with Crippen LogP contribution < -0.4 is 10.1 Å². The molecule has 3 amide bonds. The van der Waals surface area contributed by atoms with Crippen molar-refractivity contribution in [2.24, 2.45) is 0 Å². The maximum Gasteiger partial charge on any atom is 0.417 e. The molecule has 0 aliphatic rings. The number of imide groups is 1. The summed E-state index contributed by atoms with van der Waals surface area (Å²) in [6, 6.07) is 6.68. The number of nitrogens with one attached hydrogen (secondary N) is 1. The number of carbonyl (C=O) groups is 3. The number of ether oxygens (including phenoxy) is 3. The third kappa shape index (κ3) is 17.5. The predicted octanol–water partition coefficient (Wildman–Crippen LogP) is 7.60. The summed E-state index contributed by atoms with van der Waals surface area (Å²) in [5.41, 5.74) is 0.532. The highest BCUT2D eigenvalue weighted by Gasteiger charge is 2.24. The van der Waals surface area contributed by atoms with Gasteiger partial charge in [-0.25, -0.2) is 14.5 Å². The molecule has 44 heavy (non-hydrogen) atoms. The molecular weight excluding hydrogens is 564 g/mol. The Bertz CT molecular complexity index is 1020. The van der Waals surface area contributed by atoms with Gasteiger partial charge in [0.1, 0.15) is 19.5 Å². The van der Waals surface area contributed by atoms with Crippen molar-refractivity contribution in [2.45, 2.75) is 123 Å². The molecule has 0 aliphatic heterocycles. The third-order valence-electron chi connectivity index (χ3n) is 7.19. The van der Waals surface area contributed by atoms with Gasteiger partial charge in [-0.15, -0.1) is 0 Å². The third-order valence-corrected chi connectivity index (χ3v) is 7.19. The monoisotopic (exact) mass is 616 g/mol. The number of rotatable bonds is 24. The first-order chi connectivity index (χ1) is 21.5. The van der Waals surface area contributed by atoms with Crippen LogP contribution in [0.15, 0.2) is 41.2 Å². The number of nitrogens with zero attached hydrogens (tertiary/aromatic N) is 3. The summed E-state index contributed by atoms with van der Waals surface area (Å²) in [5, 5.41) is 6.44. The Morgan fingerprint density at radius 2 is 1.45 bits per heavy atom. The van der Waals surface area contributed by atoms with E-state index in [4.69, 9.17) is 18.7 Å². The minimum Gasteiger partial charge on any atom is -0.465 e. The molecule has 0 saturated carbocycles. The summed E-state index contributed by atoms with van der Waals surface area (Å²) in [5.74, 6) is -0.353. The number of hydrogen-bond acceptors (Lipinski definition) is 9. The fourth-order valence-electron chi connectivity index (χ4n) is 4.66. The van der Waals surface area contributed by atoms with E-state index in [1.807, 2.05) is 0 Å². The Labute approximate surface area is 262 Å². The minimum atomic E-state index is -0.871. The molecule has 1 atom stereocenters. The molecular formula is C33H52N4O7. The highest BCUT2D eigenvalue weighted by Crippen LogP contribution is 2.14. The molecule has 0 aromatic carbocycles. The number of amides is 3. The lowest BCUT2D eigenvalue weighted by atomic mass is 10.0. The van der Waals surface area contributed by atoms with Crippen LogP contribution in [0, 0.1) is 0 Å². The van der Waals surface area contributed by atoms with Crippen LogP contribution in [0.25, 0.3) is 0 Å². The van der Waals surface area contributed by atoms with Crippen molar-refractivity contribution in [3.05, 3.63) is 42.4 Å². The number of pyridine rings is 1. The molecule has 0 bridgehead atoms. The van der Waals surface area contributed by atoms with Gasteiger partial charge in [-0.2, -0.15) is 0 Å². The van der Waals surface area contributed by atoms with E-state index < -0.39 is 24.2 Å². The molecule has 2 aromatic heterocycles. The molecule has 246 valence electrons. The van der Waals surface area contributed by atoms with E-state index in [9.17, 15) is 14.4 Å². The van der Waals surface area contributed by atoms with Gasteiger partial charge in [-0.05, 0) is 23.7 Å². The lowest BCUT2D eigenvalue weighted by Gasteiger charge is -2.21. The maximum atomic E-state index is 12.7. The highest BCUT2D eigenvalue weighted by molar-refractivity contribution is 5.90. The number of aromatic nitrogens is 2. The zero-order valence-corrected chi connectivity index (χ0v) is 26.7. The predicted molar refractivity (Wildman–Crippen MR) is 167 cm³/mol. The Hall–Kier alpha value is -3.63. The summed E-state index contributed by atoms with van der Waals surface area (Å²) >= 11 is 0. The average molecular weight is 617 g/mol. The Balaban J connectivity index is 1.58. The van der Waals surface area contributed by atoms with Crippen LogP contribution in [0.4, 0.5) is 9.59 Å². The van der Waals surface area contributed by atoms with E-state index in [-0.39, 0.29) is 25.6 Å². The summed E-state index contributed by atoms with van der Waals surface area (Å²) in [6.45, 7) is 3.51. The van der Waals surface area contributed by atoms with E-state index >= 15 is 0 Å². The summed E-state index contributed by atoms with van der Waals surface area (Å²) in [7, 11) is 0. The van der Waals surface area contributed by atoms with E-state index in [0.29, 0.717) is 12.2 Å². The molecule has 11 heteroatoms. The van der Waals surface area contributed by atoms with Crippen molar-refractivity contribution in [3.63, 3.8) is 0 Å². The minimum absolute atomic E-state index is 0.0397. The summed E-state index contributed by atoms with van der Waals surface area (Å²) in [4.78, 5) is 42.0. The molecule has 0 spiro atoms. The van der Waals surface area contributed by atoms with E-state index in [1.165, 1.54) is 96.3 Å². The fourth-order valence-corrected chi connectivity index (χ4v) is 4.66. The van der Waals surface area contributed by atoms with Gasteiger partial charge in [0, 0.05) is 25.7 Å². The zero-order valence-electron chi connectivity index (χ0n) is 26.7. The van der Waals surface area contributed by atoms with Crippen LogP contribution in [0.5, 0.6) is 5.88 Å². The molecule has 0 aliphatic carbocycles. The second-order valence-electron chi connectivity index (χ2n) is 11.1. The zero-order chi connectivity index (χ0) is 31.7. The van der Waals surface area contributed by atoms with Crippen molar-refractivity contribution in [3.8, 4) is 5.88 Å². The van der Waals surface area contributed by atoms with Gasteiger partial charge in [0.15, 0.2) is 6.10 Å². The van der Waals surface area contributed by atoms with Gasteiger partial charge in [0.2, 0.25) is 5.91 Å². The molecule has 1 unspecified atom stereocenters. The quantitative estimate of drug-likeness (QED) is 0.118. The Morgan fingerprint density at radius 1 is 0.841 bits per heavy atom. The van der Waals surface area contributed by atoms with Crippen LogP contribution in [-0.4, -0.2) is 59.0 Å². The molecule has 0 radical (unpaired) electrons. The number of alkyl carbamates (subject to hydrolysis) is 1. The van der Waals surface area contributed by atoms with E-state index in [1.54, 1.807) is 24.4 Å². The smallest absolute Gasteiger partial charge is 0.417 e. The Morgan fingerprint density at radius 3 is 2.00 bits per heavy atom. The van der Waals surface area contributed by atoms with Crippen LogP contribution in [0.1, 0.15) is 116 Å². The van der Waals surface area contributed by atoms with Crippen molar-refractivity contribution < 1.29 is 33.1 Å². The lowest BCUT2D eigenvalue weighted by molar-refractivity contribution is -0.128. The molecule has 2 aromatic rings. The second kappa shape index (κ2) is 23.8. The number of unbranched alkanes of at least 4 members (excludes halogenated alkanes) is 14. The first-order valence-corrected chi connectivity index (χ1v) is 16.3. The fraction of sp³-hybridized carbons (Fsp3) is 0.667. The van der Waals surface area contributed by atoms with Crippen molar-refractivity contribution in [2.75, 3.05) is 19.8 Å². The van der Waals surface area contributed by atoms with Gasteiger partial charge in [-0.1, -0.05) is 103 Å². The number of carbonyl (C=O) groups excluding carboxylic acids is 3. The van der Waals surface area contributed by atoms with Crippen molar-refractivity contribution >= 4 is 18.1 Å². The first-order valence-electron chi connectivity index (χ1n) is 16.3. The molecule has 0 saturated heterocycles. The van der Waals surface area contributed by atoms with Crippen molar-refractivity contribution in [1.82, 2.24) is 20.4 Å². The topological polar surface area (TPSA) is 133 Å². The van der Waals surface area contributed by atoms with Gasteiger partial charge >= 0.3 is 12.2 Å². The standard InChI is InChI=1S/C33H52N4O7/c1-3-4-5-6-7-8-9-10-11-12-13-14-15-16-18-23-35-32(39)41-26-30(44-31-21-24-43-36-31)27-42-33(40)37(28(2)38)25-29-20-17-19-22-34-29/h17,19-22,24,30H,3-16,18,23,25-27H2,1-2H3,(H,35,39). The van der Waals surface area contributed by atoms with E-state index in [2.05, 4.69) is 22.4 Å². The maximum absolute atomic E-state index is 12.7. The van der Waals surface area contributed by atoms with Gasteiger partial charge in [-0.3, -0.25) is 9.78 Å². The van der Waals surface area contributed by atoms with Crippen LogP contribution in [0.2, 0.25) is 0 Å². The van der Waals surface area contributed by atoms with E-state index in [0.717, 1.165) is 24.2 Å². The van der Waals surface area contributed by atoms with Crippen LogP contribution in [0.3, 0.4) is 0 Å². The van der Waals surface area contributed by atoms with Crippen LogP contribution >= 0.6 is 0 Å². The first kappa shape index (κ1) is 36.6. The lowest BCUT2D eigenvalue weighted by Crippen LogP contribution is -2.39. The highest BCUT2D eigenvalue weighted by atomic mass is 16.6. The summed E-state index contributed by atoms with van der Waals surface area (Å²) in [6.07, 6.45) is 19.8. The van der Waals surface area contributed by atoms with Crippen LogP contribution in [-0.2, 0) is 20.8 Å². The average Bonchev–Trinajstić information content (AvgIpc) is 3.54.